The topological polar surface area (TPSA) is 272 Å². The van der Waals surface area contributed by atoms with Crippen LogP contribution in [0.4, 0.5) is 0 Å². The average Bonchev–Trinajstić information content (AvgIpc) is 2.69. The van der Waals surface area contributed by atoms with Crippen LogP contribution in [0, 0.1) is 5.41 Å². The zero-order valence-electron chi connectivity index (χ0n) is 13.2. The Bertz CT molecular complexity index is 709. The molecule has 0 aromatic heterocycles. The predicted octanol–water partition coefficient (Wildman–Crippen LogP) is -1.83. The van der Waals surface area contributed by atoms with E-state index >= 15 is 0 Å². The third-order valence-corrected chi connectivity index (χ3v) is 6.52. The van der Waals surface area contributed by atoms with E-state index in [-0.39, 0.29) is 12.3 Å². The van der Waals surface area contributed by atoms with Crippen LogP contribution in [0.5, 0.6) is 0 Å². The number of nitrogens with two attached hydrogens (primary N) is 1. The van der Waals surface area contributed by atoms with E-state index in [1.165, 1.54) is 0 Å². The molecule has 16 nitrogen and oxygen atoms in total. The summed E-state index contributed by atoms with van der Waals surface area (Å²) in [5, 5.41) is 26.5. The number of nitrogens with one attached hydrogen (secondary N) is 1. The van der Waals surface area contributed by atoms with Crippen molar-refractivity contribution in [2.24, 2.45) is 10.7 Å². The highest BCUT2D eigenvalue weighted by Gasteiger charge is 2.45. The number of hydrogen-bond donors (Lipinski definition) is 8. The Morgan fingerprint density at radius 1 is 1.11 bits per heavy atom. The monoisotopic (exact) mass is 457 g/mol. The number of ether oxygens (including phenoxy) is 1. The van der Waals surface area contributed by atoms with Crippen LogP contribution in [0.3, 0.4) is 0 Å². The molecular weight excluding hydrogens is 439 g/mol. The lowest BCUT2D eigenvalue weighted by Crippen LogP contribution is -2.34. The van der Waals surface area contributed by atoms with E-state index in [9.17, 15) is 28.8 Å². The van der Waals surface area contributed by atoms with Gasteiger partial charge < -0.3 is 40.3 Å². The van der Waals surface area contributed by atoms with Gasteiger partial charge in [-0.2, -0.15) is 8.62 Å². The number of aliphatic hydroxyl groups is 2. The molecule has 6 atom stereocenters. The molecule has 19 heteroatoms. The molecule has 0 saturated carbocycles. The normalized spacial score (nSPS) is 30.9. The minimum atomic E-state index is -5.67. The van der Waals surface area contributed by atoms with Crippen molar-refractivity contribution in [3.8, 4) is 0 Å². The van der Waals surface area contributed by atoms with Gasteiger partial charge in [-0.25, -0.2) is 13.7 Å². The van der Waals surface area contributed by atoms with Crippen molar-refractivity contribution >= 4 is 35.5 Å². The Balaban J connectivity index is 2.64. The van der Waals surface area contributed by atoms with Gasteiger partial charge in [-0.3, -0.25) is 14.9 Å². The van der Waals surface area contributed by atoms with Gasteiger partial charge in [0.05, 0.1) is 12.4 Å². The summed E-state index contributed by atoms with van der Waals surface area (Å²) in [5.74, 6) is -0.226. The van der Waals surface area contributed by atoms with Crippen molar-refractivity contribution < 1.29 is 61.4 Å². The van der Waals surface area contributed by atoms with Crippen LogP contribution in [0.25, 0.3) is 0 Å². The van der Waals surface area contributed by atoms with E-state index in [0.29, 0.717) is 0 Å². The molecule has 1 rings (SSSR count). The fourth-order valence-electron chi connectivity index (χ4n) is 1.72. The summed E-state index contributed by atoms with van der Waals surface area (Å²) in [6.07, 6.45) is -4.87. The third-order valence-electron chi connectivity index (χ3n) is 2.72. The molecule has 6 unspecified atom stereocenters. The van der Waals surface area contributed by atoms with Gasteiger partial charge in [0.2, 0.25) is 0 Å². The number of hydrogen-bond acceptors (Lipinski definition) is 11. The first-order valence-electron chi connectivity index (χ1n) is 6.76. The molecule has 0 aromatic rings. The third kappa shape index (κ3) is 8.98. The number of aliphatic imine (C=N–C) groups is 1. The summed E-state index contributed by atoms with van der Waals surface area (Å²) in [4.78, 5) is 38.8. The van der Waals surface area contributed by atoms with Crippen LogP contribution in [-0.2, 0) is 31.6 Å². The molecule has 9 N–H and O–H groups in total. The van der Waals surface area contributed by atoms with Crippen LogP contribution in [0.2, 0.25) is 0 Å². The standard InChI is InChI=1S/C8H18N3O13P3/c9-5(10)1-2-11-8-7(13)6(12)4(22-8)3-21-26(17,18)24-27(19,20)23-25(14,15)16/h2,4,6-8,12-13H,1,3H2,(H3,9,10)(H,17,18)(H,19,20)(H2,14,15,16). The zero-order valence-corrected chi connectivity index (χ0v) is 15.9. The fourth-order valence-corrected chi connectivity index (χ4v) is 4.75. The maximum absolute atomic E-state index is 11.6. The van der Waals surface area contributed by atoms with Gasteiger partial charge >= 0.3 is 23.5 Å². The van der Waals surface area contributed by atoms with Gasteiger partial charge in [-0.05, 0) is 0 Å². The molecule has 1 saturated heterocycles. The highest BCUT2D eigenvalue weighted by atomic mass is 31.3. The highest BCUT2D eigenvalue weighted by Crippen LogP contribution is 2.66. The predicted molar refractivity (Wildman–Crippen MR) is 85.5 cm³/mol. The Labute approximate surface area is 151 Å². The smallest absolute Gasteiger partial charge is 0.387 e. The molecule has 0 aliphatic carbocycles. The van der Waals surface area contributed by atoms with E-state index in [0.717, 1.165) is 6.21 Å². The Morgan fingerprint density at radius 3 is 2.22 bits per heavy atom. The molecule has 1 aliphatic heterocycles. The molecular formula is C8H18N3O13P3. The highest BCUT2D eigenvalue weighted by molar-refractivity contribution is 7.66. The van der Waals surface area contributed by atoms with Crippen LogP contribution in [-0.4, -0.2) is 73.0 Å². The van der Waals surface area contributed by atoms with Gasteiger partial charge in [0, 0.05) is 12.6 Å². The van der Waals surface area contributed by atoms with E-state index in [2.05, 4.69) is 18.1 Å². The maximum atomic E-state index is 11.6. The lowest BCUT2D eigenvalue weighted by Gasteiger charge is -2.18. The molecule has 27 heavy (non-hydrogen) atoms. The largest absolute Gasteiger partial charge is 0.490 e. The van der Waals surface area contributed by atoms with Crippen LogP contribution < -0.4 is 5.73 Å². The minimum Gasteiger partial charge on any atom is -0.387 e. The zero-order chi connectivity index (χ0) is 21.0. The van der Waals surface area contributed by atoms with Crippen LogP contribution in [0.1, 0.15) is 6.42 Å². The van der Waals surface area contributed by atoms with E-state index in [1.54, 1.807) is 0 Å². The molecule has 1 heterocycles. The Hall–Kier alpha value is -0.570. The summed E-state index contributed by atoms with van der Waals surface area (Å²) in [5.41, 5.74) is 5.09. The van der Waals surface area contributed by atoms with Crippen molar-refractivity contribution in [1.82, 2.24) is 0 Å². The molecule has 0 amide bonds. The SMILES string of the molecule is N=C(N)CC=NC1OC(COP(=O)(O)OP(=O)(O)OP(=O)(O)O)C(O)C1O. The first-order valence-corrected chi connectivity index (χ1v) is 11.3. The van der Waals surface area contributed by atoms with Crippen molar-refractivity contribution in [1.29, 1.82) is 5.41 Å². The second kappa shape index (κ2) is 9.29. The van der Waals surface area contributed by atoms with E-state index in [1.807, 2.05) is 0 Å². The number of rotatable bonds is 10. The second-order valence-electron chi connectivity index (χ2n) is 4.99. The number of phosphoric acid groups is 3. The summed E-state index contributed by atoms with van der Waals surface area (Å²) in [7, 11) is -16.6. The number of amidine groups is 1. The summed E-state index contributed by atoms with van der Waals surface area (Å²) in [6.45, 7) is -0.944. The molecule has 0 radical (unpaired) electrons. The lowest BCUT2D eigenvalue weighted by molar-refractivity contribution is -0.0188. The number of phosphoric ester groups is 1. The van der Waals surface area contributed by atoms with Gasteiger partial charge in [-0.15, -0.1) is 0 Å². The Kier molecular flexibility index (Phi) is 8.41. The number of nitrogens with zero attached hydrogens (tertiary/aromatic N) is 1. The first kappa shape index (κ1) is 24.5. The molecule has 0 aromatic carbocycles. The van der Waals surface area contributed by atoms with Gasteiger partial charge in [-0.1, -0.05) is 0 Å². The molecule has 1 aliphatic rings. The van der Waals surface area contributed by atoms with Crippen molar-refractivity contribution in [3.63, 3.8) is 0 Å². The molecule has 1 fully saturated rings. The maximum Gasteiger partial charge on any atom is 0.490 e. The van der Waals surface area contributed by atoms with Gasteiger partial charge in [0.25, 0.3) is 0 Å². The minimum absolute atomic E-state index is 0.0606. The molecule has 158 valence electrons. The average molecular weight is 457 g/mol. The van der Waals surface area contributed by atoms with Crippen LogP contribution in [0.15, 0.2) is 4.99 Å². The van der Waals surface area contributed by atoms with E-state index in [4.69, 9.17) is 30.6 Å². The van der Waals surface area contributed by atoms with Crippen molar-refractivity contribution in [2.75, 3.05) is 6.61 Å². The Morgan fingerprint density at radius 2 is 1.70 bits per heavy atom. The second-order valence-corrected chi connectivity index (χ2v) is 9.41. The van der Waals surface area contributed by atoms with Gasteiger partial charge in [0.1, 0.15) is 18.3 Å². The first-order chi connectivity index (χ1) is 12.1. The molecule has 0 spiro atoms. The summed E-state index contributed by atoms with van der Waals surface area (Å²) in [6, 6.07) is 0. The van der Waals surface area contributed by atoms with Crippen molar-refractivity contribution in [2.45, 2.75) is 31.0 Å². The summed E-state index contributed by atoms with van der Waals surface area (Å²) < 4.78 is 49.6. The molecule has 0 bridgehead atoms. The quantitative estimate of drug-likeness (QED) is 0.102. The van der Waals surface area contributed by atoms with E-state index < -0.39 is 54.6 Å². The van der Waals surface area contributed by atoms with Gasteiger partial charge in [0.15, 0.2) is 6.23 Å². The lowest BCUT2D eigenvalue weighted by atomic mass is 10.1. The van der Waals surface area contributed by atoms with Crippen molar-refractivity contribution in [3.05, 3.63) is 0 Å². The number of aliphatic hydroxyl groups excluding tert-OH is 2. The fraction of sp³-hybridized carbons (Fsp3) is 0.750. The van der Waals surface area contributed by atoms with Crippen LogP contribution >= 0.6 is 23.5 Å². The summed E-state index contributed by atoms with van der Waals surface area (Å²) >= 11 is 0.